The number of amides is 1. The van der Waals surface area contributed by atoms with Gasteiger partial charge in [-0.3, -0.25) is 19.1 Å². The van der Waals surface area contributed by atoms with Crippen molar-refractivity contribution in [3.8, 4) is 0 Å². The van der Waals surface area contributed by atoms with Gasteiger partial charge in [-0.15, -0.1) is 0 Å². The Kier molecular flexibility index (Phi) is 6.11. The van der Waals surface area contributed by atoms with Crippen LogP contribution in [0.1, 0.15) is 49.5 Å². The number of likely N-dealkylation sites (N-methyl/N-ethyl adjacent to an activating group) is 1. The molecule has 3 aliphatic heterocycles. The summed E-state index contributed by atoms with van der Waals surface area (Å²) in [6, 6.07) is 1.73. The number of aryl methyl sites for hydroxylation is 1. The smallest absolute Gasteiger partial charge is 0.253 e. The van der Waals surface area contributed by atoms with Crippen molar-refractivity contribution in [3.63, 3.8) is 0 Å². The fourth-order valence-corrected chi connectivity index (χ4v) is 4.68. The Hall–Kier alpha value is -1.73. The Bertz CT molecular complexity index is 754. The summed E-state index contributed by atoms with van der Waals surface area (Å²) in [5, 5.41) is 0. The fraction of sp³-hybridized carbons (Fsp3) is 0.762. The minimum atomic E-state index is 0.0859. The maximum absolute atomic E-state index is 12.9. The second-order valence-corrected chi connectivity index (χ2v) is 8.66. The van der Waals surface area contributed by atoms with Crippen LogP contribution in [0, 0.1) is 0 Å². The zero-order chi connectivity index (χ0) is 19.5. The number of nitrogens with zero attached hydrogens (tertiary/aromatic N) is 5. The largest absolute Gasteiger partial charge is 0.341 e. The second kappa shape index (κ2) is 8.74. The number of fused-ring (bicyclic) bond motifs is 1. The summed E-state index contributed by atoms with van der Waals surface area (Å²) in [6.45, 7) is 6.81. The summed E-state index contributed by atoms with van der Waals surface area (Å²) < 4.78 is 1.86. The Morgan fingerprint density at radius 1 is 1.07 bits per heavy atom. The molecule has 154 valence electrons. The average molecular weight is 388 g/mol. The van der Waals surface area contributed by atoms with Crippen molar-refractivity contribution in [2.75, 3.05) is 52.9 Å². The van der Waals surface area contributed by atoms with Gasteiger partial charge < -0.3 is 9.80 Å². The van der Waals surface area contributed by atoms with Crippen molar-refractivity contribution >= 4 is 5.91 Å². The molecule has 0 spiro atoms. The first-order chi connectivity index (χ1) is 13.6. The maximum Gasteiger partial charge on any atom is 0.253 e. The van der Waals surface area contributed by atoms with E-state index < -0.39 is 0 Å². The maximum atomic E-state index is 12.9. The van der Waals surface area contributed by atoms with Crippen LogP contribution in [0.25, 0.3) is 0 Å². The van der Waals surface area contributed by atoms with Crippen molar-refractivity contribution in [2.24, 2.45) is 0 Å². The third-order valence-corrected chi connectivity index (χ3v) is 6.54. The highest BCUT2D eigenvalue weighted by Gasteiger charge is 2.28. The lowest BCUT2D eigenvalue weighted by Gasteiger charge is -2.36. The fourth-order valence-electron chi connectivity index (χ4n) is 4.68. The van der Waals surface area contributed by atoms with E-state index in [1.165, 1.54) is 0 Å². The molecule has 0 saturated carbocycles. The minimum Gasteiger partial charge on any atom is -0.341 e. The van der Waals surface area contributed by atoms with Gasteiger partial charge in [-0.2, -0.15) is 0 Å². The lowest BCUT2D eigenvalue weighted by molar-refractivity contribution is -0.134. The van der Waals surface area contributed by atoms with E-state index in [0.29, 0.717) is 13.1 Å². The molecule has 1 aromatic heterocycles. The number of aromatic nitrogens is 2. The molecule has 2 fully saturated rings. The summed E-state index contributed by atoms with van der Waals surface area (Å²) in [4.78, 5) is 36.9. The van der Waals surface area contributed by atoms with Gasteiger partial charge in [-0.25, -0.2) is 4.98 Å². The van der Waals surface area contributed by atoms with Crippen LogP contribution in [0.5, 0.6) is 0 Å². The molecule has 7 nitrogen and oxygen atoms in total. The molecule has 0 radical (unpaired) electrons. The Morgan fingerprint density at radius 3 is 2.71 bits per heavy atom. The first-order valence-corrected chi connectivity index (χ1v) is 10.9. The molecule has 0 aromatic carbocycles. The van der Waals surface area contributed by atoms with Crippen LogP contribution in [-0.2, 0) is 17.8 Å². The van der Waals surface area contributed by atoms with Gasteiger partial charge >= 0.3 is 0 Å². The Balaban J connectivity index is 1.42. The number of rotatable bonds is 3. The van der Waals surface area contributed by atoms with Crippen molar-refractivity contribution in [2.45, 2.75) is 51.0 Å². The number of carbonyl (C=O) groups excluding carboxylic acids is 1. The van der Waals surface area contributed by atoms with E-state index in [1.807, 2.05) is 9.47 Å². The van der Waals surface area contributed by atoms with E-state index >= 15 is 0 Å². The zero-order valence-corrected chi connectivity index (χ0v) is 17.1. The highest BCUT2D eigenvalue weighted by molar-refractivity contribution is 5.78. The van der Waals surface area contributed by atoms with Gasteiger partial charge in [-0.05, 0) is 32.7 Å². The second-order valence-electron chi connectivity index (χ2n) is 8.66. The summed E-state index contributed by atoms with van der Waals surface area (Å²) in [6.07, 6.45) is 6.22. The molecule has 0 bridgehead atoms. The lowest BCUT2D eigenvalue weighted by Crippen LogP contribution is -2.50. The molecule has 28 heavy (non-hydrogen) atoms. The van der Waals surface area contributed by atoms with Gasteiger partial charge in [0.2, 0.25) is 5.91 Å². The molecule has 4 heterocycles. The van der Waals surface area contributed by atoms with Crippen molar-refractivity contribution in [1.82, 2.24) is 24.3 Å². The Labute approximate surface area is 167 Å². The molecular weight excluding hydrogens is 354 g/mol. The van der Waals surface area contributed by atoms with Crippen LogP contribution in [0.15, 0.2) is 10.9 Å². The van der Waals surface area contributed by atoms with Crippen molar-refractivity contribution in [3.05, 3.63) is 27.9 Å². The van der Waals surface area contributed by atoms with Crippen LogP contribution in [-0.4, -0.2) is 83.0 Å². The van der Waals surface area contributed by atoms with E-state index in [4.69, 9.17) is 4.98 Å². The van der Waals surface area contributed by atoms with Crippen LogP contribution in [0.3, 0.4) is 0 Å². The van der Waals surface area contributed by atoms with Gasteiger partial charge in [-0.1, -0.05) is 6.42 Å². The number of hydrogen-bond donors (Lipinski definition) is 0. The highest BCUT2D eigenvalue weighted by Crippen LogP contribution is 2.26. The quantitative estimate of drug-likeness (QED) is 0.772. The standard InChI is InChI=1S/C21H33N5O2/c1-23-10-12-24(13-11-23)16-21(28)25-8-5-6-17(15-25)18-14-20(27)26-9-4-2-3-7-19(26)22-18/h14,17H,2-13,15-16H2,1H3. The van der Waals surface area contributed by atoms with Crippen molar-refractivity contribution < 1.29 is 4.79 Å². The molecule has 1 atom stereocenters. The number of piperazine rings is 1. The third-order valence-electron chi connectivity index (χ3n) is 6.54. The molecule has 4 rings (SSSR count). The highest BCUT2D eigenvalue weighted by atomic mass is 16.2. The molecule has 1 amide bonds. The minimum absolute atomic E-state index is 0.0859. The number of carbonyl (C=O) groups is 1. The summed E-state index contributed by atoms with van der Waals surface area (Å²) >= 11 is 0. The monoisotopic (exact) mass is 387 g/mol. The third kappa shape index (κ3) is 4.46. The topological polar surface area (TPSA) is 61.7 Å². The van der Waals surface area contributed by atoms with Crippen molar-refractivity contribution in [1.29, 1.82) is 0 Å². The number of likely N-dealkylation sites (tertiary alicyclic amines) is 1. The summed E-state index contributed by atoms with van der Waals surface area (Å²) in [7, 11) is 2.13. The van der Waals surface area contributed by atoms with E-state index in [-0.39, 0.29) is 17.4 Å². The molecule has 1 aromatic rings. The van der Waals surface area contributed by atoms with Gasteiger partial charge in [0.05, 0.1) is 12.2 Å². The van der Waals surface area contributed by atoms with Crippen LogP contribution < -0.4 is 5.56 Å². The first-order valence-electron chi connectivity index (χ1n) is 10.9. The summed E-state index contributed by atoms with van der Waals surface area (Å²) in [5.74, 6) is 1.36. The van der Waals surface area contributed by atoms with E-state index in [1.54, 1.807) is 6.07 Å². The molecular formula is C21H33N5O2. The molecule has 3 aliphatic rings. The van der Waals surface area contributed by atoms with Crippen LogP contribution in [0.2, 0.25) is 0 Å². The average Bonchev–Trinajstić information content (AvgIpc) is 2.96. The normalized spacial score (nSPS) is 24.6. The first kappa shape index (κ1) is 19.6. The van der Waals surface area contributed by atoms with Crippen LogP contribution >= 0.6 is 0 Å². The number of piperidine rings is 1. The molecule has 2 saturated heterocycles. The molecule has 0 N–H and O–H groups in total. The van der Waals surface area contributed by atoms with Gasteiger partial charge in [0.15, 0.2) is 0 Å². The zero-order valence-electron chi connectivity index (χ0n) is 17.1. The predicted octanol–water partition coefficient (Wildman–Crippen LogP) is 0.923. The van der Waals surface area contributed by atoms with Gasteiger partial charge in [0.25, 0.3) is 5.56 Å². The van der Waals surface area contributed by atoms with E-state index in [2.05, 4.69) is 16.8 Å². The van der Waals surface area contributed by atoms with Gasteiger partial charge in [0.1, 0.15) is 5.82 Å². The van der Waals surface area contributed by atoms with Gasteiger partial charge in [0, 0.05) is 64.2 Å². The lowest BCUT2D eigenvalue weighted by atomic mass is 9.94. The predicted molar refractivity (Wildman–Crippen MR) is 109 cm³/mol. The van der Waals surface area contributed by atoms with E-state index in [0.717, 1.165) is 89.3 Å². The number of hydrogen-bond acceptors (Lipinski definition) is 5. The van der Waals surface area contributed by atoms with E-state index in [9.17, 15) is 9.59 Å². The molecule has 0 aliphatic carbocycles. The SMILES string of the molecule is CN1CCN(CC(=O)N2CCCC(c3cc(=O)n4c(n3)CCCCC4)C2)CC1. The summed E-state index contributed by atoms with van der Waals surface area (Å²) in [5.41, 5.74) is 0.984. The molecule has 1 unspecified atom stereocenters. The Morgan fingerprint density at radius 2 is 1.89 bits per heavy atom. The molecule has 7 heteroatoms. The van der Waals surface area contributed by atoms with Crippen LogP contribution in [0.4, 0.5) is 0 Å².